The molecule has 0 atom stereocenters. The predicted molar refractivity (Wildman–Crippen MR) is 70.3 cm³/mol. The SMILES string of the molecule is Cn1cc(NCc2cc(C(=O)O)cs2)ccc1=O. The Balaban J connectivity index is 2.04. The summed E-state index contributed by atoms with van der Waals surface area (Å²) in [6.07, 6.45) is 1.70. The highest BCUT2D eigenvalue weighted by Gasteiger charge is 2.06. The second-order valence-corrected chi connectivity index (χ2v) is 4.82. The maximum Gasteiger partial charge on any atom is 0.336 e. The number of aromatic nitrogens is 1. The van der Waals surface area contributed by atoms with Crippen LogP contribution in [0.4, 0.5) is 5.69 Å². The number of carbonyl (C=O) groups is 1. The van der Waals surface area contributed by atoms with Crippen molar-refractivity contribution in [3.05, 3.63) is 50.6 Å². The first-order chi connectivity index (χ1) is 8.56. The molecule has 0 aliphatic rings. The molecule has 0 saturated heterocycles. The zero-order chi connectivity index (χ0) is 13.1. The summed E-state index contributed by atoms with van der Waals surface area (Å²) in [5.74, 6) is -0.917. The van der Waals surface area contributed by atoms with Crippen molar-refractivity contribution in [3.8, 4) is 0 Å². The number of rotatable bonds is 4. The van der Waals surface area contributed by atoms with Crippen LogP contribution in [-0.2, 0) is 13.6 Å². The molecule has 5 nitrogen and oxygen atoms in total. The standard InChI is InChI=1S/C12H12N2O3S/c1-14-6-9(2-3-11(14)15)13-5-10-4-8(7-18-10)12(16)17/h2-4,6-7,13H,5H2,1H3,(H,16,17). The minimum atomic E-state index is -0.917. The van der Waals surface area contributed by atoms with Gasteiger partial charge in [-0.05, 0) is 12.1 Å². The van der Waals surface area contributed by atoms with Crippen LogP contribution in [0.5, 0.6) is 0 Å². The van der Waals surface area contributed by atoms with E-state index in [2.05, 4.69) is 5.32 Å². The van der Waals surface area contributed by atoms with Crippen LogP contribution in [0.15, 0.2) is 34.6 Å². The Morgan fingerprint density at radius 2 is 2.28 bits per heavy atom. The van der Waals surface area contributed by atoms with Gasteiger partial charge in [0.2, 0.25) is 5.56 Å². The van der Waals surface area contributed by atoms with Crippen LogP contribution in [0.2, 0.25) is 0 Å². The van der Waals surface area contributed by atoms with Gasteiger partial charge in [-0.25, -0.2) is 4.79 Å². The van der Waals surface area contributed by atoms with Crippen molar-refractivity contribution in [1.29, 1.82) is 0 Å². The fourth-order valence-corrected chi connectivity index (χ4v) is 2.27. The summed E-state index contributed by atoms with van der Waals surface area (Å²) in [6, 6.07) is 4.83. The molecule has 0 saturated carbocycles. The van der Waals surface area contributed by atoms with Crippen LogP contribution in [0.3, 0.4) is 0 Å². The summed E-state index contributed by atoms with van der Waals surface area (Å²) in [5, 5.41) is 13.5. The van der Waals surface area contributed by atoms with Crippen molar-refractivity contribution >= 4 is 23.0 Å². The molecule has 0 aliphatic carbocycles. The number of pyridine rings is 1. The number of hydrogen-bond donors (Lipinski definition) is 2. The molecule has 0 aromatic carbocycles. The molecule has 0 fully saturated rings. The molecule has 2 heterocycles. The molecule has 0 amide bonds. The lowest BCUT2D eigenvalue weighted by molar-refractivity contribution is 0.0697. The molecule has 0 aliphatic heterocycles. The number of aryl methyl sites for hydroxylation is 1. The van der Waals surface area contributed by atoms with Crippen LogP contribution in [0.25, 0.3) is 0 Å². The molecule has 0 spiro atoms. The number of nitrogens with one attached hydrogen (secondary N) is 1. The maximum absolute atomic E-state index is 11.2. The lowest BCUT2D eigenvalue weighted by Crippen LogP contribution is -2.15. The first kappa shape index (κ1) is 12.4. The summed E-state index contributed by atoms with van der Waals surface area (Å²) < 4.78 is 1.49. The van der Waals surface area contributed by atoms with Gasteiger partial charge in [-0.2, -0.15) is 0 Å². The normalized spacial score (nSPS) is 10.3. The molecule has 0 unspecified atom stereocenters. The van der Waals surface area contributed by atoms with E-state index in [0.717, 1.165) is 10.6 Å². The van der Waals surface area contributed by atoms with E-state index in [9.17, 15) is 9.59 Å². The fourth-order valence-electron chi connectivity index (χ4n) is 1.47. The lowest BCUT2D eigenvalue weighted by atomic mass is 10.3. The molecule has 0 bridgehead atoms. The third kappa shape index (κ3) is 2.78. The average Bonchev–Trinajstić information content (AvgIpc) is 2.79. The number of thiophene rings is 1. The third-order valence-electron chi connectivity index (χ3n) is 2.45. The van der Waals surface area contributed by atoms with Gasteiger partial charge >= 0.3 is 5.97 Å². The Morgan fingerprint density at radius 1 is 1.50 bits per heavy atom. The van der Waals surface area contributed by atoms with Crippen LogP contribution < -0.4 is 10.9 Å². The predicted octanol–water partition coefficient (Wildman–Crippen LogP) is 1.76. The highest BCUT2D eigenvalue weighted by molar-refractivity contribution is 7.10. The number of hydrogen-bond acceptors (Lipinski definition) is 4. The molecule has 18 heavy (non-hydrogen) atoms. The number of carboxylic acids is 1. The molecule has 0 radical (unpaired) electrons. The maximum atomic E-state index is 11.2. The van der Waals surface area contributed by atoms with Crippen molar-refractivity contribution in [2.75, 3.05) is 5.32 Å². The second-order valence-electron chi connectivity index (χ2n) is 3.83. The molecule has 94 valence electrons. The highest BCUT2D eigenvalue weighted by atomic mass is 32.1. The Hall–Kier alpha value is -2.08. The van der Waals surface area contributed by atoms with Crippen molar-refractivity contribution in [2.24, 2.45) is 7.05 Å². The van der Waals surface area contributed by atoms with Gasteiger partial charge in [0.05, 0.1) is 11.3 Å². The number of anilines is 1. The molecule has 2 N–H and O–H groups in total. The first-order valence-electron chi connectivity index (χ1n) is 5.27. The number of carboxylic acid groups (broad SMARTS) is 1. The Bertz CT molecular complexity index is 630. The van der Waals surface area contributed by atoms with Gasteiger partial charge in [0, 0.05) is 36.1 Å². The topological polar surface area (TPSA) is 71.3 Å². The monoisotopic (exact) mass is 264 g/mol. The molecule has 2 rings (SSSR count). The van der Waals surface area contributed by atoms with E-state index >= 15 is 0 Å². The Kier molecular flexibility index (Phi) is 3.47. The van der Waals surface area contributed by atoms with E-state index in [4.69, 9.17) is 5.11 Å². The Morgan fingerprint density at radius 3 is 2.89 bits per heavy atom. The van der Waals surface area contributed by atoms with E-state index in [-0.39, 0.29) is 5.56 Å². The Labute approximate surface area is 107 Å². The first-order valence-corrected chi connectivity index (χ1v) is 6.15. The van der Waals surface area contributed by atoms with Gasteiger partial charge in [-0.1, -0.05) is 0 Å². The van der Waals surface area contributed by atoms with Gasteiger partial charge in [0.1, 0.15) is 0 Å². The zero-order valence-corrected chi connectivity index (χ0v) is 10.5. The van der Waals surface area contributed by atoms with Crippen LogP contribution in [0.1, 0.15) is 15.2 Å². The van der Waals surface area contributed by atoms with Crippen LogP contribution in [-0.4, -0.2) is 15.6 Å². The second kappa shape index (κ2) is 5.05. The molecule has 2 aromatic heterocycles. The highest BCUT2D eigenvalue weighted by Crippen LogP contribution is 2.16. The minimum absolute atomic E-state index is 0.0650. The van der Waals surface area contributed by atoms with E-state index in [1.54, 1.807) is 30.8 Å². The van der Waals surface area contributed by atoms with Crippen molar-refractivity contribution in [3.63, 3.8) is 0 Å². The largest absolute Gasteiger partial charge is 0.478 e. The number of aromatic carboxylic acids is 1. The van der Waals surface area contributed by atoms with Gasteiger partial charge in [-0.15, -0.1) is 11.3 Å². The van der Waals surface area contributed by atoms with Gasteiger partial charge < -0.3 is 15.0 Å². The van der Waals surface area contributed by atoms with E-state index in [0.29, 0.717) is 12.1 Å². The summed E-state index contributed by atoms with van der Waals surface area (Å²) in [7, 11) is 1.68. The molecular formula is C12H12N2O3S. The number of nitrogens with zero attached hydrogens (tertiary/aromatic N) is 1. The minimum Gasteiger partial charge on any atom is -0.478 e. The molecular weight excluding hydrogens is 252 g/mol. The lowest BCUT2D eigenvalue weighted by Gasteiger charge is -2.05. The summed E-state index contributed by atoms with van der Waals surface area (Å²) in [5.41, 5.74) is 1.06. The van der Waals surface area contributed by atoms with Crippen molar-refractivity contribution in [2.45, 2.75) is 6.54 Å². The summed E-state index contributed by atoms with van der Waals surface area (Å²) in [4.78, 5) is 22.8. The average molecular weight is 264 g/mol. The molecule has 2 aromatic rings. The summed E-state index contributed by atoms with van der Waals surface area (Å²) >= 11 is 1.39. The third-order valence-corrected chi connectivity index (χ3v) is 3.39. The van der Waals surface area contributed by atoms with Crippen molar-refractivity contribution in [1.82, 2.24) is 4.57 Å². The van der Waals surface area contributed by atoms with E-state index in [1.807, 2.05) is 0 Å². The van der Waals surface area contributed by atoms with Crippen LogP contribution in [0, 0.1) is 0 Å². The quantitative estimate of drug-likeness (QED) is 0.882. The van der Waals surface area contributed by atoms with Gasteiger partial charge in [-0.3, -0.25) is 4.79 Å². The van der Waals surface area contributed by atoms with Crippen molar-refractivity contribution < 1.29 is 9.90 Å². The molecule has 6 heteroatoms. The van der Waals surface area contributed by atoms with Gasteiger partial charge in [0.25, 0.3) is 0 Å². The summed E-state index contributed by atoms with van der Waals surface area (Å²) in [6.45, 7) is 0.538. The fraction of sp³-hybridized carbons (Fsp3) is 0.167. The zero-order valence-electron chi connectivity index (χ0n) is 9.71. The van der Waals surface area contributed by atoms with Crippen LogP contribution >= 0.6 is 11.3 Å². The smallest absolute Gasteiger partial charge is 0.336 e. The van der Waals surface area contributed by atoms with E-state index in [1.165, 1.54) is 22.0 Å². The van der Waals surface area contributed by atoms with Gasteiger partial charge in [0.15, 0.2) is 0 Å². The van der Waals surface area contributed by atoms with E-state index < -0.39 is 5.97 Å².